The van der Waals surface area contributed by atoms with Crippen LogP contribution in [0, 0.1) is 0 Å². The summed E-state index contributed by atoms with van der Waals surface area (Å²) in [5.74, 6) is 1.60. The van der Waals surface area contributed by atoms with Crippen molar-refractivity contribution in [3.63, 3.8) is 0 Å². The van der Waals surface area contributed by atoms with E-state index in [9.17, 15) is 4.79 Å². The monoisotopic (exact) mass is 421 g/mol. The highest BCUT2D eigenvalue weighted by atomic mass is 127. The third-order valence-electron chi connectivity index (χ3n) is 3.24. The van der Waals surface area contributed by atoms with E-state index in [-0.39, 0.29) is 48.5 Å². The van der Waals surface area contributed by atoms with E-state index in [1.165, 1.54) is 0 Å². The van der Waals surface area contributed by atoms with E-state index >= 15 is 0 Å². The van der Waals surface area contributed by atoms with Gasteiger partial charge in [0.25, 0.3) is 0 Å². The molecule has 1 aromatic rings. The molecule has 0 fully saturated rings. The maximum atomic E-state index is 11.6. The van der Waals surface area contributed by atoms with Crippen molar-refractivity contribution in [2.24, 2.45) is 4.99 Å². The lowest BCUT2D eigenvalue weighted by Crippen LogP contribution is -2.49. The molecular formula is C13H24IN7O. The fourth-order valence-electron chi connectivity index (χ4n) is 2.28. The Morgan fingerprint density at radius 3 is 3.00 bits per heavy atom. The summed E-state index contributed by atoms with van der Waals surface area (Å²) in [5, 5.41) is 13.4. The molecule has 1 aliphatic rings. The number of carbonyl (C=O) groups is 1. The van der Waals surface area contributed by atoms with Gasteiger partial charge in [0, 0.05) is 25.6 Å². The summed E-state index contributed by atoms with van der Waals surface area (Å²) in [5.41, 5.74) is 0. The van der Waals surface area contributed by atoms with Gasteiger partial charge in [0.2, 0.25) is 5.91 Å². The summed E-state index contributed by atoms with van der Waals surface area (Å²) < 4.78 is 1.90. The maximum absolute atomic E-state index is 11.6. The van der Waals surface area contributed by atoms with Gasteiger partial charge < -0.3 is 16.0 Å². The van der Waals surface area contributed by atoms with Crippen molar-refractivity contribution < 1.29 is 4.79 Å². The predicted octanol–water partition coefficient (Wildman–Crippen LogP) is -0.0995. The van der Waals surface area contributed by atoms with Gasteiger partial charge in [-0.3, -0.25) is 9.79 Å². The smallest absolute Gasteiger partial charge is 0.239 e. The molecular weight excluding hydrogens is 397 g/mol. The van der Waals surface area contributed by atoms with Crippen LogP contribution in [0.2, 0.25) is 0 Å². The molecule has 3 N–H and O–H groups in total. The van der Waals surface area contributed by atoms with E-state index in [0.717, 1.165) is 25.2 Å². The van der Waals surface area contributed by atoms with Gasteiger partial charge in [-0.05, 0) is 20.3 Å². The average molecular weight is 421 g/mol. The van der Waals surface area contributed by atoms with E-state index in [4.69, 9.17) is 0 Å². The van der Waals surface area contributed by atoms with Crippen LogP contribution >= 0.6 is 24.0 Å². The number of aryl methyl sites for hydroxylation is 1. The Morgan fingerprint density at radius 1 is 1.55 bits per heavy atom. The molecule has 0 aliphatic carbocycles. The molecule has 0 saturated carbocycles. The molecule has 1 atom stereocenters. The Morgan fingerprint density at radius 2 is 2.32 bits per heavy atom. The van der Waals surface area contributed by atoms with E-state index < -0.39 is 0 Å². The number of aromatic nitrogens is 3. The van der Waals surface area contributed by atoms with Crippen LogP contribution in [-0.2, 0) is 17.8 Å². The van der Waals surface area contributed by atoms with Gasteiger partial charge in [-0.25, -0.2) is 9.67 Å². The Hall–Kier alpha value is -1.39. The number of amides is 1. The third kappa shape index (κ3) is 5.43. The van der Waals surface area contributed by atoms with E-state index in [1.807, 2.05) is 18.5 Å². The van der Waals surface area contributed by atoms with Crippen molar-refractivity contribution in [1.82, 2.24) is 30.7 Å². The first-order chi connectivity index (χ1) is 10.1. The van der Waals surface area contributed by atoms with Gasteiger partial charge in [-0.1, -0.05) is 0 Å². The van der Waals surface area contributed by atoms with Crippen molar-refractivity contribution in [2.75, 3.05) is 13.6 Å². The van der Waals surface area contributed by atoms with Gasteiger partial charge >= 0.3 is 0 Å². The van der Waals surface area contributed by atoms with Crippen LogP contribution in [0.4, 0.5) is 0 Å². The summed E-state index contributed by atoms with van der Waals surface area (Å²) in [7, 11) is 1.69. The largest absolute Gasteiger partial charge is 0.352 e. The van der Waals surface area contributed by atoms with Crippen molar-refractivity contribution in [3.05, 3.63) is 12.2 Å². The second-order valence-corrected chi connectivity index (χ2v) is 5.39. The highest BCUT2D eigenvalue weighted by Gasteiger charge is 2.20. The van der Waals surface area contributed by atoms with Crippen molar-refractivity contribution in [3.8, 4) is 0 Å². The second-order valence-electron chi connectivity index (χ2n) is 5.39. The molecule has 0 saturated heterocycles. The molecule has 22 heavy (non-hydrogen) atoms. The zero-order valence-corrected chi connectivity index (χ0v) is 15.5. The molecule has 124 valence electrons. The number of rotatable bonds is 4. The topological polar surface area (TPSA) is 96.2 Å². The van der Waals surface area contributed by atoms with Gasteiger partial charge in [0.05, 0.1) is 13.1 Å². The molecule has 1 aromatic heterocycles. The molecule has 8 nitrogen and oxygen atoms in total. The quantitative estimate of drug-likeness (QED) is 0.359. The van der Waals surface area contributed by atoms with Crippen LogP contribution in [-0.4, -0.2) is 52.3 Å². The Labute approximate surface area is 147 Å². The zero-order valence-electron chi connectivity index (χ0n) is 13.2. The Balaban J connectivity index is 0.00000242. The van der Waals surface area contributed by atoms with E-state index in [1.54, 1.807) is 13.4 Å². The fraction of sp³-hybridized carbons (Fsp3) is 0.692. The molecule has 0 radical (unpaired) electrons. The van der Waals surface area contributed by atoms with Crippen LogP contribution < -0.4 is 16.0 Å². The summed E-state index contributed by atoms with van der Waals surface area (Å²) in [6, 6.07) is 0.372. The van der Waals surface area contributed by atoms with Crippen molar-refractivity contribution >= 4 is 35.8 Å². The first-order valence-electron chi connectivity index (χ1n) is 7.21. The molecule has 2 heterocycles. The van der Waals surface area contributed by atoms with Crippen LogP contribution in [0.25, 0.3) is 0 Å². The average Bonchev–Trinajstić information content (AvgIpc) is 2.90. The maximum Gasteiger partial charge on any atom is 0.239 e. The lowest BCUT2D eigenvalue weighted by molar-refractivity contribution is -0.120. The molecule has 2 rings (SSSR count). The first kappa shape index (κ1) is 18.7. The lowest BCUT2D eigenvalue weighted by atomic mass is 10.1. The summed E-state index contributed by atoms with van der Waals surface area (Å²) in [6.45, 7) is 4.83. The Kier molecular flexibility index (Phi) is 7.56. The highest BCUT2D eigenvalue weighted by molar-refractivity contribution is 14.0. The minimum absolute atomic E-state index is 0. The van der Waals surface area contributed by atoms with E-state index in [2.05, 4.69) is 31.0 Å². The van der Waals surface area contributed by atoms with Gasteiger partial charge in [-0.15, -0.1) is 24.0 Å². The minimum atomic E-state index is -0.0462. The number of fused-ring (bicyclic) bond motifs is 1. The number of nitrogens with zero attached hydrogens (tertiary/aromatic N) is 4. The molecule has 1 unspecified atom stereocenters. The second kappa shape index (κ2) is 8.91. The summed E-state index contributed by atoms with van der Waals surface area (Å²) in [6.07, 6.45) is 3.45. The SMILES string of the molecule is CN=C(NCC(=O)NC(C)C)NC1CCc2ncnn2C1.I. The van der Waals surface area contributed by atoms with Crippen LogP contribution in [0.15, 0.2) is 11.3 Å². The van der Waals surface area contributed by atoms with Crippen LogP contribution in [0.1, 0.15) is 26.1 Å². The number of carbonyl (C=O) groups excluding carboxylic acids is 1. The summed E-state index contributed by atoms with van der Waals surface area (Å²) >= 11 is 0. The van der Waals surface area contributed by atoms with Gasteiger partial charge in [0.1, 0.15) is 12.2 Å². The number of guanidine groups is 1. The van der Waals surface area contributed by atoms with Crippen molar-refractivity contribution in [2.45, 2.75) is 45.3 Å². The number of nitrogens with one attached hydrogen (secondary N) is 3. The standard InChI is InChI=1S/C13H23N7O.HI/c1-9(2)18-12(21)6-15-13(14-3)19-10-4-5-11-16-8-17-20(11)7-10;/h8-10H,4-7H2,1-3H3,(H,18,21)(H2,14,15,19);1H. The lowest BCUT2D eigenvalue weighted by Gasteiger charge is -2.25. The first-order valence-corrected chi connectivity index (χ1v) is 7.21. The molecule has 0 spiro atoms. The van der Waals surface area contributed by atoms with Gasteiger partial charge in [0.15, 0.2) is 5.96 Å². The molecule has 0 aromatic carbocycles. The van der Waals surface area contributed by atoms with E-state index in [0.29, 0.717) is 5.96 Å². The summed E-state index contributed by atoms with van der Waals surface area (Å²) in [4.78, 5) is 20.0. The van der Waals surface area contributed by atoms with Gasteiger partial charge in [-0.2, -0.15) is 5.10 Å². The number of hydrogen-bond acceptors (Lipinski definition) is 4. The van der Waals surface area contributed by atoms with Crippen LogP contribution in [0.3, 0.4) is 0 Å². The third-order valence-corrected chi connectivity index (χ3v) is 3.24. The zero-order chi connectivity index (χ0) is 15.2. The molecule has 1 aliphatic heterocycles. The highest BCUT2D eigenvalue weighted by Crippen LogP contribution is 2.10. The molecule has 1 amide bonds. The normalized spacial score (nSPS) is 17.5. The predicted molar refractivity (Wildman–Crippen MR) is 95.3 cm³/mol. The van der Waals surface area contributed by atoms with Crippen LogP contribution in [0.5, 0.6) is 0 Å². The molecule has 9 heteroatoms. The number of halogens is 1. The minimum Gasteiger partial charge on any atom is -0.352 e. The van der Waals surface area contributed by atoms with Crippen molar-refractivity contribution in [1.29, 1.82) is 0 Å². The number of hydrogen-bond donors (Lipinski definition) is 3. The molecule has 0 bridgehead atoms. The fourth-order valence-corrected chi connectivity index (χ4v) is 2.28. The number of aliphatic imine (C=N–C) groups is 1. The Bertz CT molecular complexity index is 514.